The fraction of sp³-hybridized carbons (Fsp3) is 0.154. The van der Waals surface area contributed by atoms with Gasteiger partial charge in [0.05, 0.1) is 0 Å². The maximum atomic E-state index is 2.25. The molecule has 0 radical (unpaired) electrons. The number of aromatic nitrogens is 1. The molecule has 0 fully saturated rings. The van der Waals surface area contributed by atoms with Crippen molar-refractivity contribution < 1.29 is 28.5 Å². The molecule has 15 heavy (non-hydrogen) atoms. The number of hydrogen-bond donors (Lipinski definition) is 0. The molecule has 0 aliphatic rings. The molecule has 0 saturated heterocycles. The second-order valence-corrected chi connectivity index (χ2v) is 3.24. The van der Waals surface area contributed by atoms with Crippen LogP contribution in [0.15, 0.2) is 54.7 Å². The summed E-state index contributed by atoms with van der Waals surface area (Å²) in [6.07, 6.45) is 2.11. The number of benzene rings is 1. The highest BCUT2D eigenvalue weighted by atomic mass is 127. The van der Waals surface area contributed by atoms with Crippen LogP contribution in [0.4, 0.5) is 0 Å². The molecule has 0 bridgehead atoms. The van der Waals surface area contributed by atoms with Crippen molar-refractivity contribution in [2.24, 2.45) is 0 Å². The summed E-state index contributed by atoms with van der Waals surface area (Å²) in [5.41, 5.74) is 2.55. The monoisotopic (exact) mass is 311 g/mol. The Labute approximate surface area is 108 Å². The van der Waals surface area contributed by atoms with Gasteiger partial charge in [0.15, 0.2) is 6.20 Å². The van der Waals surface area contributed by atoms with Gasteiger partial charge in [-0.3, -0.25) is 0 Å². The molecule has 0 saturated carbocycles. The van der Waals surface area contributed by atoms with Crippen molar-refractivity contribution in [2.75, 3.05) is 0 Å². The second-order valence-electron chi connectivity index (χ2n) is 3.24. The molecule has 0 aliphatic heterocycles. The van der Waals surface area contributed by atoms with Gasteiger partial charge in [0.25, 0.3) is 0 Å². The topological polar surface area (TPSA) is 3.88 Å². The first-order valence-corrected chi connectivity index (χ1v) is 4.95. The van der Waals surface area contributed by atoms with Gasteiger partial charge in [0.2, 0.25) is 5.69 Å². The Morgan fingerprint density at radius 3 is 2.27 bits per heavy atom. The number of nitrogens with zero attached hydrogens (tertiary/aromatic N) is 1. The highest BCUT2D eigenvalue weighted by Gasteiger charge is 2.08. The summed E-state index contributed by atoms with van der Waals surface area (Å²) in [4.78, 5) is 0. The molecular formula is C13H14IN. The molecule has 0 aliphatic carbocycles. The molecule has 1 aromatic heterocycles. The van der Waals surface area contributed by atoms with E-state index in [4.69, 9.17) is 0 Å². The van der Waals surface area contributed by atoms with E-state index in [9.17, 15) is 0 Å². The lowest BCUT2D eigenvalue weighted by atomic mass is 10.1. The zero-order chi connectivity index (χ0) is 9.80. The minimum Gasteiger partial charge on any atom is -1.00 e. The van der Waals surface area contributed by atoms with Crippen LogP contribution in [0.1, 0.15) is 6.92 Å². The van der Waals surface area contributed by atoms with E-state index in [1.807, 2.05) is 6.07 Å². The van der Waals surface area contributed by atoms with Crippen LogP contribution in [-0.4, -0.2) is 0 Å². The Balaban J connectivity index is 0.00000112. The number of rotatable bonds is 2. The molecule has 0 amide bonds. The second kappa shape index (κ2) is 5.85. The molecule has 0 spiro atoms. The van der Waals surface area contributed by atoms with E-state index in [0.717, 1.165) is 6.54 Å². The maximum Gasteiger partial charge on any atom is 0.212 e. The smallest absolute Gasteiger partial charge is 0.212 e. The SMILES string of the molecule is CC[n+]1ccccc1-c1ccccc1.[I-]. The van der Waals surface area contributed by atoms with Gasteiger partial charge in [-0.15, -0.1) is 0 Å². The van der Waals surface area contributed by atoms with E-state index in [1.165, 1.54) is 11.3 Å². The van der Waals surface area contributed by atoms with Crippen molar-refractivity contribution in [3.8, 4) is 11.3 Å². The van der Waals surface area contributed by atoms with Crippen LogP contribution in [0.25, 0.3) is 11.3 Å². The molecule has 2 aromatic rings. The van der Waals surface area contributed by atoms with Crippen LogP contribution in [0.2, 0.25) is 0 Å². The molecule has 1 nitrogen and oxygen atoms in total. The number of aryl methyl sites for hydroxylation is 1. The van der Waals surface area contributed by atoms with Gasteiger partial charge in [-0.25, -0.2) is 0 Å². The fourth-order valence-corrected chi connectivity index (χ4v) is 1.62. The Morgan fingerprint density at radius 2 is 1.60 bits per heavy atom. The highest BCUT2D eigenvalue weighted by Crippen LogP contribution is 2.13. The van der Waals surface area contributed by atoms with Gasteiger partial charge < -0.3 is 24.0 Å². The van der Waals surface area contributed by atoms with Gasteiger partial charge in [-0.05, 0) is 25.1 Å². The Hall–Kier alpha value is -0.900. The average molecular weight is 311 g/mol. The van der Waals surface area contributed by atoms with Crippen molar-refractivity contribution in [1.29, 1.82) is 0 Å². The third kappa shape index (κ3) is 2.78. The molecule has 2 heteroatoms. The Kier molecular flexibility index (Phi) is 4.75. The van der Waals surface area contributed by atoms with Crippen molar-refractivity contribution in [3.05, 3.63) is 54.7 Å². The molecule has 78 valence electrons. The standard InChI is InChI=1S/C13H14N.HI/c1-2-14-11-7-6-10-13(14)12-8-4-3-5-9-12;/h3-11H,2H2,1H3;1H/q+1;/p-1. The van der Waals surface area contributed by atoms with Crippen LogP contribution in [0, 0.1) is 0 Å². The van der Waals surface area contributed by atoms with Gasteiger partial charge >= 0.3 is 0 Å². The normalized spacial score (nSPS) is 9.40. The summed E-state index contributed by atoms with van der Waals surface area (Å²) >= 11 is 0. The van der Waals surface area contributed by atoms with Gasteiger partial charge in [0, 0.05) is 17.7 Å². The van der Waals surface area contributed by atoms with E-state index < -0.39 is 0 Å². The van der Waals surface area contributed by atoms with Crippen molar-refractivity contribution in [2.45, 2.75) is 13.5 Å². The zero-order valence-electron chi connectivity index (χ0n) is 8.73. The van der Waals surface area contributed by atoms with E-state index in [0.29, 0.717) is 0 Å². The van der Waals surface area contributed by atoms with Crippen LogP contribution in [0.5, 0.6) is 0 Å². The number of hydrogen-bond acceptors (Lipinski definition) is 0. The number of halogens is 1. The highest BCUT2D eigenvalue weighted by molar-refractivity contribution is 5.55. The Morgan fingerprint density at radius 1 is 0.933 bits per heavy atom. The fourth-order valence-electron chi connectivity index (χ4n) is 1.62. The summed E-state index contributed by atoms with van der Waals surface area (Å²) in [5.74, 6) is 0. The van der Waals surface area contributed by atoms with Crippen LogP contribution in [0.3, 0.4) is 0 Å². The molecule has 0 N–H and O–H groups in total. The lowest BCUT2D eigenvalue weighted by molar-refractivity contribution is -0.682. The van der Waals surface area contributed by atoms with Crippen molar-refractivity contribution >= 4 is 0 Å². The quantitative estimate of drug-likeness (QED) is 0.528. The zero-order valence-corrected chi connectivity index (χ0v) is 10.9. The first-order valence-electron chi connectivity index (χ1n) is 4.95. The molecule has 1 heterocycles. The predicted molar refractivity (Wildman–Crippen MR) is 57.7 cm³/mol. The minimum atomic E-state index is 0. The summed E-state index contributed by atoms with van der Waals surface area (Å²) in [6, 6.07) is 16.8. The van der Waals surface area contributed by atoms with E-state index >= 15 is 0 Å². The first kappa shape index (κ1) is 12.2. The molecule has 1 aromatic carbocycles. The minimum absolute atomic E-state index is 0. The predicted octanol–water partition coefficient (Wildman–Crippen LogP) is -0.335. The molecule has 0 unspecified atom stereocenters. The van der Waals surface area contributed by atoms with Crippen molar-refractivity contribution in [1.82, 2.24) is 0 Å². The average Bonchev–Trinajstić information content (AvgIpc) is 2.30. The Bertz CT molecular complexity index is 412. The maximum absolute atomic E-state index is 2.25. The van der Waals surface area contributed by atoms with Gasteiger partial charge in [-0.2, -0.15) is 4.57 Å². The van der Waals surface area contributed by atoms with E-state index in [-0.39, 0.29) is 24.0 Å². The summed E-state index contributed by atoms with van der Waals surface area (Å²) < 4.78 is 2.25. The number of pyridine rings is 1. The van der Waals surface area contributed by atoms with Crippen molar-refractivity contribution in [3.63, 3.8) is 0 Å². The summed E-state index contributed by atoms with van der Waals surface area (Å²) in [5, 5.41) is 0. The van der Waals surface area contributed by atoms with Gasteiger partial charge in [-0.1, -0.05) is 18.2 Å². The molecular weight excluding hydrogens is 297 g/mol. The largest absolute Gasteiger partial charge is 1.00 e. The van der Waals surface area contributed by atoms with Crippen LogP contribution >= 0.6 is 0 Å². The summed E-state index contributed by atoms with van der Waals surface area (Å²) in [6.45, 7) is 3.16. The lowest BCUT2D eigenvalue weighted by Crippen LogP contribution is -3.00. The van der Waals surface area contributed by atoms with Crippen LogP contribution in [-0.2, 0) is 6.54 Å². The van der Waals surface area contributed by atoms with Gasteiger partial charge in [0.1, 0.15) is 6.54 Å². The van der Waals surface area contributed by atoms with Crippen LogP contribution < -0.4 is 28.5 Å². The molecule has 0 atom stereocenters. The first-order chi connectivity index (χ1) is 6.92. The third-order valence-electron chi connectivity index (χ3n) is 2.35. The van der Waals surface area contributed by atoms with E-state index in [2.05, 4.69) is 60.2 Å². The molecule has 2 rings (SSSR count). The third-order valence-corrected chi connectivity index (χ3v) is 2.35. The van der Waals surface area contributed by atoms with E-state index in [1.54, 1.807) is 0 Å². The summed E-state index contributed by atoms with van der Waals surface area (Å²) in [7, 11) is 0. The lowest BCUT2D eigenvalue weighted by Gasteiger charge is -2.00.